The Morgan fingerprint density at radius 3 is 2.26 bits per heavy atom. The number of anilines is 1. The number of ether oxygens (including phenoxy) is 1. The zero-order chi connectivity index (χ0) is 28.4. The molecule has 0 heterocycles. The fourth-order valence-electron chi connectivity index (χ4n) is 4.30. The number of benzene rings is 3. The maximum atomic E-state index is 13.7. The Hall–Kier alpha value is -3.56. The second-order valence-electron chi connectivity index (χ2n) is 9.11. The molecule has 10 heteroatoms. The lowest BCUT2D eigenvalue weighted by Crippen LogP contribution is -2.49. The summed E-state index contributed by atoms with van der Waals surface area (Å²) in [5, 5.41) is 3.19. The molecule has 0 aromatic heterocycles. The Labute approximate surface area is 235 Å². The van der Waals surface area contributed by atoms with E-state index in [1.54, 1.807) is 43.3 Å². The van der Waals surface area contributed by atoms with Crippen LogP contribution in [-0.4, -0.2) is 58.1 Å². The van der Waals surface area contributed by atoms with Crippen molar-refractivity contribution in [2.45, 2.75) is 31.8 Å². The summed E-state index contributed by atoms with van der Waals surface area (Å²) >= 11 is 5.96. The molecule has 1 atom stereocenters. The Balaban J connectivity index is 1.85. The predicted molar refractivity (Wildman–Crippen MR) is 154 cm³/mol. The first-order valence-electron chi connectivity index (χ1n) is 12.5. The number of nitrogens with one attached hydrogen (secondary N) is 1. The lowest BCUT2D eigenvalue weighted by Gasteiger charge is -2.31. The van der Waals surface area contributed by atoms with Crippen LogP contribution < -0.4 is 14.4 Å². The number of sulfonamides is 1. The number of hydrogen-bond donors (Lipinski definition) is 1. The van der Waals surface area contributed by atoms with Crippen molar-refractivity contribution in [3.8, 4) is 5.75 Å². The maximum Gasteiger partial charge on any atom is 0.242 e. The molecular weight excluding hydrogens is 538 g/mol. The summed E-state index contributed by atoms with van der Waals surface area (Å²) in [5.41, 5.74) is 2.19. The van der Waals surface area contributed by atoms with Crippen LogP contribution in [0, 0.1) is 0 Å². The van der Waals surface area contributed by atoms with Gasteiger partial charge in [0.2, 0.25) is 21.8 Å². The van der Waals surface area contributed by atoms with Gasteiger partial charge in [-0.1, -0.05) is 54.1 Å². The van der Waals surface area contributed by atoms with Crippen LogP contribution in [0.15, 0.2) is 78.9 Å². The first kappa shape index (κ1) is 30.0. The third kappa shape index (κ3) is 8.73. The lowest BCUT2D eigenvalue weighted by atomic mass is 10.0. The fourth-order valence-corrected chi connectivity index (χ4v) is 5.39. The average molecular weight is 572 g/mol. The van der Waals surface area contributed by atoms with Gasteiger partial charge in [0.05, 0.1) is 19.1 Å². The molecule has 2 amide bonds. The molecule has 0 aliphatic rings. The lowest BCUT2D eigenvalue weighted by molar-refractivity contribution is -0.141. The van der Waals surface area contributed by atoms with Gasteiger partial charge in [-0.15, -0.1) is 0 Å². The van der Waals surface area contributed by atoms with E-state index in [9.17, 15) is 18.0 Å². The number of halogens is 1. The number of carbonyl (C=O) groups is 2. The van der Waals surface area contributed by atoms with Crippen LogP contribution in [0.1, 0.15) is 24.0 Å². The average Bonchev–Trinajstić information content (AvgIpc) is 2.93. The minimum atomic E-state index is -3.59. The van der Waals surface area contributed by atoms with Gasteiger partial charge in [0, 0.05) is 38.0 Å². The molecule has 0 fully saturated rings. The van der Waals surface area contributed by atoms with Crippen molar-refractivity contribution >= 4 is 39.1 Å². The van der Waals surface area contributed by atoms with E-state index < -0.39 is 16.1 Å². The van der Waals surface area contributed by atoms with Gasteiger partial charge < -0.3 is 15.0 Å². The Morgan fingerprint density at radius 2 is 1.64 bits per heavy atom. The molecule has 0 bridgehead atoms. The van der Waals surface area contributed by atoms with Crippen molar-refractivity contribution in [1.82, 2.24) is 10.2 Å². The van der Waals surface area contributed by atoms with Crippen LogP contribution in [-0.2, 0) is 32.6 Å². The normalized spacial score (nSPS) is 11.9. The fraction of sp³-hybridized carbons (Fsp3) is 0.310. The molecule has 3 aromatic rings. The van der Waals surface area contributed by atoms with Gasteiger partial charge in [0.25, 0.3) is 0 Å². The minimum Gasteiger partial charge on any atom is -0.497 e. The number of likely N-dealkylation sites (N-methyl/N-ethyl adjacent to an activating group) is 1. The second kappa shape index (κ2) is 14.0. The quantitative estimate of drug-likeness (QED) is 0.330. The summed E-state index contributed by atoms with van der Waals surface area (Å²) < 4.78 is 31.6. The Bertz CT molecular complexity index is 1350. The van der Waals surface area contributed by atoms with E-state index in [-0.39, 0.29) is 37.7 Å². The van der Waals surface area contributed by atoms with Crippen molar-refractivity contribution in [3.63, 3.8) is 0 Å². The van der Waals surface area contributed by atoms with E-state index in [0.717, 1.165) is 17.4 Å². The van der Waals surface area contributed by atoms with Gasteiger partial charge in [-0.2, -0.15) is 0 Å². The van der Waals surface area contributed by atoms with Gasteiger partial charge in [0.1, 0.15) is 11.8 Å². The smallest absolute Gasteiger partial charge is 0.242 e. The highest BCUT2D eigenvalue weighted by Crippen LogP contribution is 2.22. The Morgan fingerprint density at radius 1 is 0.974 bits per heavy atom. The van der Waals surface area contributed by atoms with Crippen LogP contribution in [0.3, 0.4) is 0 Å². The SMILES string of the molecule is CNC(=O)[C@H](Cc1ccccc1)N(Cc1cccc(OC)c1)C(=O)CCCN(c1ccc(Cl)cc1)S(C)(=O)=O. The molecular formula is C29H34ClN3O5S. The highest BCUT2D eigenvalue weighted by atomic mass is 35.5. The first-order chi connectivity index (χ1) is 18.6. The molecule has 3 rings (SSSR count). The molecule has 208 valence electrons. The van der Waals surface area contributed by atoms with E-state index in [0.29, 0.717) is 22.9 Å². The standard InChI is InChI=1S/C29H34ClN3O5S/c1-31-29(35)27(20-22-9-5-4-6-10-22)32(21-23-11-7-12-26(19-23)38-2)28(34)13-8-18-33(39(3,36)37)25-16-14-24(30)15-17-25/h4-7,9-12,14-17,19,27H,8,13,18,20-21H2,1-3H3,(H,31,35)/t27-/m0/s1. The number of amides is 2. The van der Waals surface area contributed by atoms with Gasteiger partial charge >= 0.3 is 0 Å². The summed E-state index contributed by atoms with van der Waals surface area (Å²) in [6, 6.07) is 22.6. The van der Waals surface area contributed by atoms with Crippen molar-refractivity contribution in [3.05, 3.63) is 95.0 Å². The number of methoxy groups -OCH3 is 1. The summed E-state index contributed by atoms with van der Waals surface area (Å²) in [4.78, 5) is 28.3. The molecule has 1 N–H and O–H groups in total. The van der Waals surface area contributed by atoms with E-state index in [2.05, 4.69) is 5.32 Å². The first-order valence-corrected chi connectivity index (χ1v) is 14.8. The topological polar surface area (TPSA) is 96.0 Å². The largest absolute Gasteiger partial charge is 0.497 e. The van der Waals surface area contributed by atoms with Crippen LogP contribution in [0.4, 0.5) is 5.69 Å². The number of carbonyl (C=O) groups excluding carboxylic acids is 2. The minimum absolute atomic E-state index is 0.0475. The van der Waals surface area contributed by atoms with Gasteiger partial charge in [-0.25, -0.2) is 8.42 Å². The highest BCUT2D eigenvalue weighted by molar-refractivity contribution is 7.92. The monoisotopic (exact) mass is 571 g/mol. The van der Waals surface area contributed by atoms with Crippen molar-refractivity contribution in [2.24, 2.45) is 0 Å². The molecule has 0 spiro atoms. The molecule has 0 unspecified atom stereocenters. The Kier molecular flexibility index (Phi) is 10.8. The van der Waals surface area contributed by atoms with Crippen LogP contribution in [0.5, 0.6) is 5.75 Å². The van der Waals surface area contributed by atoms with Gasteiger partial charge in [-0.05, 0) is 53.9 Å². The number of rotatable bonds is 13. The molecule has 0 saturated heterocycles. The molecule has 0 aliphatic carbocycles. The van der Waals surface area contributed by atoms with Crippen molar-refractivity contribution in [2.75, 3.05) is 31.3 Å². The molecule has 0 aliphatic heterocycles. The molecule has 0 radical (unpaired) electrons. The van der Waals surface area contributed by atoms with Crippen LogP contribution >= 0.6 is 11.6 Å². The molecule has 3 aromatic carbocycles. The third-order valence-corrected chi connectivity index (χ3v) is 7.72. The molecule has 39 heavy (non-hydrogen) atoms. The number of nitrogens with zero attached hydrogens (tertiary/aromatic N) is 2. The van der Waals surface area contributed by atoms with Crippen molar-refractivity contribution in [1.29, 1.82) is 0 Å². The molecule has 0 saturated carbocycles. The second-order valence-corrected chi connectivity index (χ2v) is 11.5. The van der Waals surface area contributed by atoms with Gasteiger partial charge in [0.15, 0.2) is 0 Å². The molecule has 8 nitrogen and oxygen atoms in total. The van der Waals surface area contributed by atoms with Crippen LogP contribution in [0.25, 0.3) is 0 Å². The summed E-state index contributed by atoms with van der Waals surface area (Å²) in [5.74, 6) is 0.104. The van der Waals surface area contributed by atoms with E-state index in [4.69, 9.17) is 16.3 Å². The van der Waals surface area contributed by atoms with Gasteiger partial charge in [-0.3, -0.25) is 13.9 Å². The number of hydrogen-bond acceptors (Lipinski definition) is 5. The third-order valence-electron chi connectivity index (χ3n) is 6.27. The van der Waals surface area contributed by atoms with E-state index >= 15 is 0 Å². The van der Waals surface area contributed by atoms with Crippen molar-refractivity contribution < 1.29 is 22.7 Å². The summed E-state index contributed by atoms with van der Waals surface area (Å²) in [6.07, 6.45) is 1.76. The highest BCUT2D eigenvalue weighted by Gasteiger charge is 2.30. The summed E-state index contributed by atoms with van der Waals surface area (Å²) in [7, 11) is -0.478. The zero-order valence-electron chi connectivity index (χ0n) is 22.3. The summed E-state index contributed by atoms with van der Waals surface area (Å²) in [6.45, 7) is 0.288. The predicted octanol–water partition coefficient (Wildman–Crippen LogP) is 4.28. The maximum absolute atomic E-state index is 13.7. The zero-order valence-corrected chi connectivity index (χ0v) is 23.9. The van der Waals surface area contributed by atoms with E-state index in [1.807, 2.05) is 54.6 Å². The van der Waals surface area contributed by atoms with Crippen LogP contribution in [0.2, 0.25) is 5.02 Å². The van der Waals surface area contributed by atoms with E-state index in [1.165, 1.54) is 4.31 Å².